The average molecular weight is 430 g/mol. The van der Waals surface area contributed by atoms with Crippen LogP contribution >= 0.6 is 20.2 Å². The van der Waals surface area contributed by atoms with Gasteiger partial charge in [-0.3, -0.25) is 0 Å². The fourth-order valence-electron chi connectivity index (χ4n) is 1.43. The van der Waals surface area contributed by atoms with Gasteiger partial charge in [0.05, 0.1) is 0 Å². The molecule has 0 unspecified atom stereocenters. The third-order valence-electron chi connectivity index (χ3n) is 2.30. The fraction of sp³-hybridized carbons (Fsp3) is 0.0769. The van der Waals surface area contributed by atoms with Crippen molar-refractivity contribution in [3.05, 3.63) is 64.2 Å². The van der Waals surface area contributed by atoms with Gasteiger partial charge in [-0.05, 0) is 0 Å². The molecule has 2 aromatic rings. The van der Waals surface area contributed by atoms with E-state index in [2.05, 4.69) is 2.51 Å². The molecular weight excluding hydrogens is 420 g/mol. The molecule has 0 aliphatic carbocycles. The summed E-state index contributed by atoms with van der Waals surface area (Å²) in [6, 6.07) is 13.7. The molecule has 0 amide bonds. The van der Waals surface area contributed by atoms with Crippen molar-refractivity contribution in [2.75, 3.05) is 0 Å². The summed E-state index contributed by atoms with van der Waals surface area (Å²) in [4.78, 5) is -0.285. The van der Waals surface area contributed by atoms with Crippen molar-refractivity contribution in [1.82, 2.24) is 0 Å². The molecule has 0 aliphatic heterocycles. The topological polar surface area (TPSA) is 43.4 Å². The molecule has 0 spiro atoms. The van der Waals surface area contributed by atoms with Crippen molar-refractivity contribution in [2.24, 2.45) is 0 Å². The number of hydrogen-bond donors (Lipinski definition) is 0. The van der Waals surface area contributed by atoms with Gasteiger partial charge in [0, 0.05) is 0 Å². The Kier molecular flexibility index (Phi) is 4.89. The first-order valence-corrected chi connectivity index (χ1v) is 10.1. The normalized spacial score (nSPS) is 13.0. The molecule has 0 fully saturated rings. The van der Waals surface area contributed by atoms with E-state index in [9.17, 15) is 21.6 Å². The van der Waals surface area contributed by atoms with E-state index >= 15 is 0 Å². The van der Waals surface area contributed by atoms with Crippen LogP contribution in [0.5, 0.6) is 0 Å². The molecule has 21 heavy (non-hydrogen) atoms. The van der Waals surface area contributed by atoms with E-state index in [1.54, 1.807) is 12.1 Å². The molecule has 0 aliphatic rings. The first kappa shape index (κ1) is 16.2. The zero-order valence-electron chi connectivity index (χ0n) is 10.4. The third kappa shape index (κ3) is 4.17. The minimum atomic E-state index is -4.69. The molecular formula is C13H10F3IO3S. The van der Waals surface area contributed by atoms with E-state index in [0.717, 1.165) is 0 Å². The molecule has 0 bridgehead atoms. The first-order chi connectivity index (χ1) is 9.81. The van der Waals surface area contributed by atoms with Gasteiger partial charge in [0.2, 0.25) is 0 Å². The van der Waals surface area contributed by atoms with Gasteiger partial charge in [0.25, 0.3) is 0 Å². The second-order valence-corrected chi connectivity index (χ2v) is 10.3. The van der Waals surface area contributed by atoms with E-state index in [0.29, 0.717) is 0 Å². The number of halogens is 4. The van der Waals surface area contributed by atoms with Crippen LogP contribution in [0.3, 0.4) is 0 Å². The molecule has 0 aromatic heterocycles. The maximum absolute atomic E-state index is 13.1. The Morgan fingerprint density at radius 2 is 1.33 bits per heavy atom. The molecule has 0 radical (unpaired) electrons. The van der Waals surface area contributed by atoms with Crippen LogP contribution in [0.4, 0.5) is 13.2 Å². The summed E-state index contributed by atoms with van der Waals surface area (Å²) in [5.74, 6) is 0. The van der Waals surface area contributed by atoms with Gasteiger partial charge in [0.1, 0.15) is 0 Å². The summed E-state index contributed by atoms with van der Waals surface area (Å²) in [6.07, 6.45) is 0. The SMILES string of the molecule is O=S(=O)(OI(c1ccccc1)C(F)(F)F)c1ccccc1. The maximum atomic E-state index is 13.1. The second-order valence-electron chi connectivity index (χ2n) is 3.80. The molecule has 114 valence electrons. The van der Waals surface area contributed by atoms with Gasteiger partial charge in [-0.1, -0.05) is 0 Å². The van der Waals surface area contributed by atoms with E-state index in [-0.39, 0.29) is 8.47 Å². The van der Waals surface area contributed by atoms with Crippen molar-refractivity contribution >= 4 is 30.4 Å². The fourth-order valence-corrected chi connectivity index (χ4v) is 7.36. The Hall–Kier alpha value is -1.13. The summed E-state index contributed by atoms with van der Waals surface area (Å²) in [6.45, 7) is 0. The van der Waals surface area contributed by atoms with Crippen LogP contribution in [0.25, 0.3) is 0 Å². The third-order valence-corrected chi connectivity index (χ3v) is 8.91. The first-order valence-electron chi connectivity index (χ1n) is 5.62. The Morgan fingerprint density at radius 1 is 0.857 bits per heavy atom. The van der Waals surface area contributed by atoms with E-state index in [1.165, 1.54) is 48.5 Å². The molecule has 2 aromatic carbocycles. The number of rotatable bonds is 4. The Bertz CT molecular complexity index is 688. The van der Waals surface area contributed by atoms with Gasteiger partial charge in [-0.25, -0.2) is 0 Å². The van der Waals surface area contributed by atoms with Crippen LogP contribution in [-0.2, 0) is 12.6 Å². The summed E-state index contributed by atoms with van der Waals surface area (Å²) < 4.78 is 63.1. The quantitative estimate of drug-likeness (QED) is 0.540. The number of alkyl halides is 4. The van der Waals surface area contributed by atoms with Crippen LogP contribution in [0.15, 0.2) is 65.6 Å². The van der Waals surface area contributed by atoms with E-state index < -0.39 is 34.5 Å². The van der Waals surface area contributed by atoms with Gasteiger partial charge >= 0.3 is 128 Å². The molecule has 0 N–H and O–H groups in total. The van der Waals surface area contributed by atoms with Crippen molar-refractivity contribution in [3.8, 4) is 0 Å². The van der Waals surface area contributed by atoms with Crippen molar-refractivity contribution in [2.45, 2.75) is 9.08 Å². The summed E-state index contributed by atoms with van der Waals surface area (Å²) in [7, 11) is -4.44. The Balaban J connectivity index is 2.37. The molecule has 3 nitrogen and oxygen atoms in total. The standard InChI is InChI=1S/C13H10F3IO3S/c14-13(15,16)17(11-7-3-1-4-8-11)20-21(18,19)12-9-5-2-6-10-12/h1-10H. The summed E-state index contributed by atoms with van der Waals surface area (Å²) in [5, 5.41) is 0. The van der Waals surface area contributed by atoms with Crippen molar-refractivity contribution in [1.29, 1.82) is 0 Å². The Morgan fingerprint density at radius 3 is 1.81 bits per heavy atom. The Labute approximate surface area is 127 Å². The average Bonchev–Trinajstić information content (AvgIpc) is 2.46. The van der Waals surface area contributed by atoms with Crippen LogP contribution in [0.2, 0.25) is 0 Å². The molecule has 8 heteroatoms. The molecule has 0 saturated carbocycles. The summed E-state index contributed by atoms with van der Waals surface area (Å²) >= 11 is -4.37. The predicted octanol–water partition coefficient (Wildman–Crippen LogP) is 4.20. The van der Waals surface area contributed by atoms with Gasteiger partial charge < -0.3 is 0 Å². The zero-order valence-corrected chi connectivity index (χ0v) is 13.4. The van der Waals surface area contributed by atoms with Gasteiger partial charge in [-0.2, -0.15) is 0 Å². The van der Waals surface area contributed by atoms with Gasteiger partial charge in [0.15, 0.2) is 0 Å². The van der Waals surface area contributed by atoms with Crippen LogP contribution in [0.1, 0.15) is 0 Å². The molecule has 0 saturated heterocycles. The number of hydrogen-bond acceptors (Lipinski definition) is 3. The molecule has 0 heterocycles. The van der Waals surface area contributed by atoms with Crippen LogP contribution in [0, 0.1) is 3.57 Å². The second kappa shape index (κ2) is 6.32. The minimum absolute atomic E-state index is 0.117. The van der Waals surface area contributed by atoms with Gasteiger partial charge in [-0.15, -0.1) is 0 Å². The number of benzene rings is 2. The van der Waals surface area contributed by atoms with Crippen LogP contribution < -0.4 is 0 Å². The zero-order chi connectivity index (χ0) is 15.5. The molecule has 2 rings (SSSR count). The monoisotopic (exact) mass is 430 g/mol. The molecule has 0 atom stereocenters. The summed E-state index contributed by atoms with van der Waals surface area (Å²) in [5.41, 5.74) is 0. The van der Waals surface area contributed by atoms with Crippen molar-refractivity contribution < 1.29 is 24.1 Å². The van der Waals surface area contributed by atoms with Crippen molar-refractivity contribution in [3.63, 3.8) is 0 Å². The van der Waals surface area contributed by atoms with Crippen LogP contribution in [-0.4, -0.2) is 12.6 Å². The van der Waals surface area contributed by atoms with E-state index in [1.807, 2.05) is 0 Å². The van der Waals surface area contributed by atoms with E-state index in [4.69, 9.17) is 0 Å². The predicted molar refractivity (Wildman–Crippen MR) is 79.9 cm³/mol.